The molecule has 29 heavy (non-hydrogen) atoms. The number of fused-ring (bicyclic) bond motifs is 1. The zero-order valence-corrected chi connectivity index (χ0v) is 16.9. The molecule has 0 bridgehead atoms. The number of carbonyl (C=O) groups is 2. The third-order valence-corrected chi connectivity index (χ3v) is 5.81. The van der Waals surface area contributed by atoms with Gasteiger partial charge in [0.1, 0.15) is 5.75 Å². The molecule has 2 amide bonds. The maximum atomic E-state index is 12.8. The van der Waals surface area contributed by atoms with Crippen LogP contribution in [0, 0.1) is 6.92 Å². The number of likely N-dealkylation sites (tertiary alicyclic amines) is 1. The van der Waals surface area contributed by atoms with Gasteiger partial charge in [0.15, 0.2) is 0 Å². The molecule has 5 heteroatoms. The molecule has 2 aromatic carbocycles. The van der Waals surface area contributed by atoms with Crippen molar-refractivity contribution in [3.05, 3.63) is 59.2 Å². The number of aryl methyl sites for hydroxylation is 2. The van der Waals surface area contributed by atoms with Crippen molar-refractivity contribution in [1.82, 2.24) is 4.90 Å². The van der Waals surface area contributed by atoms with Crippen LogP contribution in [-0.2, 0) is 16.0 Å². The molecule has 2 heterocycles. The number of nitrogens with one attached hydrogen (secondary N) is 1. The third-order valence-electron chi connectivity index (χ3n) is 5.81. The number of anilines is 1. The van der Waals surface area contributed by atoms with Crippen molar-refractivity contribution in [3.63, 3.8) is 0 Å². The summed E-state index contributed by atoms with van der Waals surface area (Å²) in [6, 6.07) is 14.5. The van der Waals surface area contributed by atoms with Crippen LogP contribution in [0.2, 0.25) is 0 Å². The highest BCUT2D eigenvalue weighted by atomic mass is 16.5. The molecule has 2 aliphatic rings. The molecule has 0 spiro atoms. The van der Waals surface area contributed by atoms with Gasteiger partial charge in [0.2, 0.25) is 11.8 Å². The first-order valence-electron chi connectivity index (χ1n) is 10.5. The van der Waals surface area contributed by atoms with E-state index in [2.05, 4.69) is 36.5 Å². The molecule has 1 atom stereocenters. The molecule has 5 nitrogen and oxygen atoms in total. The van der Waals surface area contributed by atoms with E-state index in [0.29, 0.717) is 25.9 Å². The summed E-state index contributed by atoms with van der Waals surface area (Å²) < 4.78 is 5.85. The Hall–Kier alpha value is -2.82. The van der Waals surface area contributed by atoms with Crippen LogP contribution < -0.4 is 10.1 Å². The van der Waals surface area contributed by atoms with E-state index in [-0.39, 0.29) is 17.9 Å². The van der Waals surface area contributed by atoms with E-state index in [0.717, 1.165) is 42.8 Å². The summed E-state index contributed by atoms with van der Waals surface area (Å²) in [7, 11) is 0. The number of ether oxygens (including phenoxy) is 1. The van der Waals surface area contributed by atoms with E-state index in [1.165, 1.54) is 11.1 Å². The molecule has 2 aromatic rings. The largest absolute Gasteiger partial charge is 0.494 e. The van der Waals surface area contributed by atoms with Crippen molar-refractivity contribution >= 4 is 17.5 Å². The quantitative estimate of drug-likeness (QED) is 0.741. The van der Waals surface area contributed by atoms with Crippen LogP contribution >= 0.6 is 0 Å². The summed E-state index contributed by atoms with van der Waals surface area (Å²) in [4.78, 5) is 26.2. The minimum absolute atomic E-state index is 0.0653. The molecular formula is C24H28N2O3. The van der Waals surface area contributed by atoms with Crippen LogP contribution in [0.1, 0.15) is 54.8 Å². The third kappa shape index (κ3) is 4.61. The number of amides is 2. The van der Waals surface area contributed by atoms with Crippen LogP contribution in [0.4, 0.5) is 5.69 Å². The number of nitrogens with zero attached hydrogens (tertiary/aromatic N) is 1. The van der Waals surface area contributed by atoms with E-state index in [4.69, 9.17) is 4.74 Å². The highest BCUT2D eigenvalue weighted by Gasteiger charge is 2.29. The monoisotopic (exact) mass is 392 g/mol. The molecule has 0 aliphatic carbocycles. The molecule has 0 radical (unpaired) electrons. The van der Waals surface area contributed by atoms with Crippen LogP contribution in [0.3, 0.4) is 0 Å². The molecule has 1 saturated heterocycles. The van der Waals surface area contributed by atoms with Gasteiger partial charge < -0.3 is 15.0 Å². The molecule has 4 rings (SSSR count). The maximum absolute atomic E-state index is 12.8. The zero-order chi connectivity index (χ0) is 20.2. The van der Waals surface area contributed by atoms with Gasteiger partial charge in [0, 0.05) is 25.1 Å². The summed E-state index contributed by atoms with van der Waals surface area (Å²) in [5.74, 6) is 1.08. The normalized spacial score (nSPS) is 18.3. The Morgan fingerprint density at radius 1 is 1.17 bits per heavy atom. The summed E-state index contributed by atoms with van der Waals surface area (Å²) in [6.45, 7) is 3.44. The average molecular weight is 392 g/mol. The van der Waals surface area contributed by atoms with E-state index in [1.807, 2.05) is 23.1 Å². The van der Waals surface area contributed by atoms with Crippen LogP contribution in [0.25, 0.3) is 0 Å². The lowest BCUT2D eigenvalue weighted by Gasteiger charge is -2.25. The predicted octanol–water partition coefficient (Wildman–Crippen LogP) is 4.40. The minimum atomic E-state index is 0.0653. The van der Waals surface area contributed by atoms with Crippen molar-refractivity contribution < 1.29 is 14.3 Å². The number of hydrogen-bond acceptors (Lipinski definition) is 3. The summed E-state index contributed by atoms with van der Waals surface area (Å²) in [5, 5.41) is 2.88. The van der Waals surface area contributed by atoms with E-state index < -0.39 is 0 Å². The Morgan fingerprint density at radius 3 is 2.83 bits per heavy atom. The van der Waals surface area contributed by atoms with Gasteiger partial charge >= 0.3 is 0 Å². The van der Waals surface area contributed by atoms with Crippen molar-refractivity contribution in [2.45, 2.75) is 51.5 Å². The van der Waals surface area contributed by atoms with Crippen LogP contribution in [0.15, 0.2) is 42.5 Å². The fourth-order valence-corrected chi connectivity index (χ4v) is 4.21. The zero-order valence-electron chi connectivity index (χ0n) is 16.9. The first-order chi connectivity index (χ1) is 14.1. The highest BCUT2D eigenvalue weighted by Crippen LogP contribution is 2.32. The van der Waals surface area contributed by atoms with E-state index in [9.17, 15) is 9.59 Å². The summed E-state index contributed by atoms with van der Waals surface area (Å²) in [6.07, 6.45) is 4.56. The SMILES string of the molecule is Cc1ccc(C2CCCN2C(=O)CCCOc2ccc3c(c2)CCC(=O)N3)cc1. The number of hydrogen-bond donors (Lipinski definition) is 1. The Balaban J connectivity index is 1.27. The molecule has 1 fully saturated rings. The number of rotatable bonds is 6. The molecular weight excluding hydrogens is 364 g/mol. The lowest BCUT2D eigenvalue weighted by atomic mass is 10.0. The van der Waals surface area contributed by atoms with Crippen LogP contribution in [-0.4, -0.2) is 29.9 Å². The van der Waals surface area contributed by atoms with Gasteiger partial charge in [0.05, 0.1) is 12.6 Å². The lowest BCUT2D eigenvalue weighted by molar-refractivity contribution is -0.132. The van der Waals surface area contributed by atoms with Crippen molar-refractivity contribution in [2.75, 3.05) is 18.5 Å². The molecule has 1 N–H and O–H groups in total. The first-order valence-corrected chi connectivity index (χ1v) is 10.5. The topological polar surface area (TPSA) is 58.6 Å². The predicted molar refractivity (Wildman–Crippen MR) is 113 cm³/mol. The Bertz CT molecular complexity index is 891. The maximum Gasteiger partial charge on any atom is 0.224 e. The molecule has 152 valence electrons. The first kappa shape index (κ1) is 19.5. The molecule has 0 aromatic heterocycles. The van der Waals surface area contributed by atoms with Crippen molar-refractivity contribution in [2.24, 2.45) is 0 Å². The average Bonchev–Trinajstić information content (AvgIpc) is 3.21. The van der Waals surface area contributed by atoms with Crippen molar-refractivity contribution in [3.8, 4) is 5.75 Å². The van der Waals surface area contributed by atoms with Crippen LogP contribution in [0.5, 0.6) is 5.75 Å². The van der Waals surface area contributed by atoms with Gasteiger partial charge in [-0.1, -0.05) is 29.8 Å². The number of benzene rings is 2. The minimum Gasteiger partial charge on any atom is -0.494 e. The standard InChI is InChI=1S/C24H28N2O3/c1-17-6-8-18(9-7-17)22-4-2-14-26(22)24(28)5-3-15-29-20-11-12-21-19(16-20)10-13-23(27)25-21/h6-9,11-12,16,22H,2-5,10,13-15H2,1H3,(H,25,27). The number of carbonyl (C=O) groups excluding carboxylic acids is 2. The van der Waals surface area contributed by atoms with Gasteiger partial charge in [-0.3, -0.25) is 9.59 Å². The van der Waals surface area contributed by atoms with E-state index in [1.54, 1.807) is 0 Å². The summed E-state index contributed by atoms with van der Waals surface area (Å²) >= 11 is 0. The van der Waals surface area contributed by atoms with Gasteiger partial charge in [-0.05, 0) is 61.9 Å². The smallest absolute Gasteiger partial charge is 0.224 e. The fourth-order valence-electron chi connectivity index (χ4n) is 4.21. The van der Waals surface area contributed by atoms with Gasteiger partial charge in [-0.25, -0.2) is 0 Å². The lowest BCUT2D eigenvalue weighted by Crippen LogP contribution is -2.30. The second-order valence-electron chi connectivity index (χ2n) is 7.97. The second-order valence-corrected chi connectivity index (χ2v) is 7.97. The fraction of sp³-hybridized carbons (Fsp3) is 0.417. The van der Waals surface area contributed by atoms with Crippen molar-refractivity contribution in [1.29, 1.82) is 0 Å². The van der Waals surface area contributed by atoms with E-state index >= 15 is 0 Å². The van der Waals surface area contributed by atoms with Gasteiger partial charge in [-0.2, -0.15) is 0 Å². The van der Waals surface area contributed by atoms with Gasteiger partial charge in [-0.15, -0.1) is 0 Å². The summed E-state index contributed by atoms with van der Waals surface area (Å²) in [5.41, 5.74) is 4.46. The Kier molecular flexibility index (Phi) is 5.84. The van der Waals surface area contributed by atoms with Gasteiger partial charge in [0.25, 0.3) is 0 Å². The highest BCUT2D eigenvalue weighted by molar-refractivity contribution is 5.94. The Labute approximate surface area is 172 Å². The second kappa shape index (κ2) is 8.68. The molecule has 1 unspecified atom stereocenters. The Morgan fingerprint density at radius 2 is 2.00 bits per heavy atom. The molecule has 2 aliphatic heterocycles. The molecule has 0 saturated carbocycles.